The number of hydrogen-bond donors (Lipinski definition) is 0. The van der Waals surface area contributed by atoms with Crippen molar-refractivity contribution in [3.8, 4) is 0 Å². The zero-order valence-electron chi connectivity index (χ0n) is 8.18. The van der Waals surface area contributed by atoms with Crippen LogP contribution in [0, 0.1) is 5.92 Å². The molecular weight excluding hydrogens is 228 g/mol. The molecule has 0 saturated heterocycles. The monoisotopic (exact) mass is 246 g/mol. The highest BCUT2D eigenvalue weighted by Crippen LogP contribution is 2.25. The predicted molar refractivity (Wildman–Crippen MR) is 59.2 cm³/mol. The molecular formula is C11H19BrO. The van der Waals surface area contributed by atoms with Crippen LogP contribution in [0.1, 0.15) is 51.4 Å². The van der Waals surface area contributed by atoms with E-state index in [-0.39, 0.29) is 5.92 Å². The van der Waals surface area contributed by atoms with Crippen LogP contribution in [-0.4, -0.2) is 11.1 Å². The van der Waals surface area contributed by atoms with Gasteiger partial charge in [0.2, 0.25) is 0 Å². The lowest BCUT2D eigenvalue weighted by Gasteiger charge is -2.18. The molecule has 0 aromatic heterocycles. The van der Waals surface area contributed by atoms with Gasteiger partial charge in [0.05, 0.1) is 0 Å². The van der Waals surface area contributed by atoms with E-state index in [1.807, 2.05) is 0 Å². The molecule has 0 radical (unpaired) electrons. The quantitative estimate of drug-likeness (QED) is 0.510. The normalized spacial score (nSPS) is 32.4. The first-order valence-electron chi connectivity index (χ1n) is 5.44. The molecule has 1 fully saturated rings. The molecule has 0 heterocycles. The molecule has 1 aliphatic rings. The number of halogens is 1. The fraction of sp³-hybridized carbons (Fsp3) is 0.909. The van der Waals surface area contributed by atoms with Crippen molar-refractivity contribution >= 4 is 22.2 Å². The van der Waals surface area contributed by atoms with Gasteiger partial charge in [-0.2, -0.15) is 0 Å². The summed E-state index contributed by atoms with van der Waals surface area (Å²) in [5, 5.41) is 0. The minimum atomic E-state index is 0.262. The lowest BCUT2D eigenvalue weighted by Crippen LogP contribution is -2.16. The van der Waals surface area contributed by atoms with Gasteiger partial charge in [-0.25, -0.2) is 0 Å². The van der Waals surface area contributed by atoms with E-state index in [1.54, 1.807) is 0 Å². The Morgan fingerprint density at radius 3 is 2.08 bits per heavy atom. The first-order chi connectivity index (χ1) is 6.34. The molecule has 2 unspecified atom stereocenters. The molecule has 0 amide bonds. The van der Waals surface area contributed by atoms with Gasteiger partial charge in [-0.3, -0.25) is 0 Å². The van der Waals surface area contributed by atoms with E-state index in [4.69, 9.17) is 0 Å². The third-order valence-electron chi connectivity index (χ3n) is 2.91. The standard InChI is InChI=1S/C11H19BrO/c12-11-8-6-4-2-1-3-5-7-10(11)9-13/h9-11H,1-8H2. The van der Waals surface area contributed by atoms with E-state index in [0.717, 1.165) is 12.7 Å². The van der Waals surface area contributed by atoms with Gasteiger partial charge in [0, 0.05) is 10.7 Å². The molecule has 0 aliphatic heterocycles. The fourth-order valence-corrected chi connectivity index (χ4v) is 2.69. The van der Waals surface area contributed by atoms with Gasteiger partial charge in [-0.15, -0.1) is 0 Å². The molecule has 0 N–H and O–H groups in total. The minimum absolute atomic E-state index is 0.262. The van der Waals surface area contributed by atoms with Crippen molar-refractivity contribution in [1.82, 2.24) is 0 Å². The second-order valence-electron chi connectivity index (χ2n) is 4.01. The van der Waals surface area contributed by atoms with E-state index in [1.165, 1.54) is 44.9 Å². The molecule has 2 atom stereocenters. The third-order valence-corrected chi connectivity index (χ3v) is 4.04. The molecule has 0 aromatic rings. The van der Waals surface area contributed by atoms with Gasteiger partial charge in [-0.1, -0.05) is 54.5 Å². The fourth-order valence-electron chi connectivity index (χ4n) is 1.97. The molecule has 0 bridgehead atoms. The Labute approximate surface area is 89.4 Å². The molecule has 1 nitrogen and oxygen atoms in total. The van der Waals surface area contributed by atoms with Crippen molar-refractivity contribution in [3.63, 3.8) is 0 Å². The van der Waals surface area contributed by atoms with Crippen LogP contribution in [0.4, 0.5) is 0 Å². The van der Waals surface area contributed by atoms with Crippen LogP contribution in [0.25, 0.3) is 0 Å². The Balaban J connectivity index is 2.36. The van der Waals surface area contributed by atoms with Gasteiger partial charge in [0.15, 0.2) is 0 Å². The van der Waals surface area contributed by atoms with Gasteiger partial charge in [0.1, 0.15) is 6.29 Å². The van der Waals surface area contributed by atoms with Crippen LogP contribution < -0.4 is 0 Å². The molecule has 0 aromatic carbocycles. The van der Waals surface area contributed by atoms with E-state index in [9.17, 15) is 4.79 Å². The number of alkyl halides is 1. The van der Waals surface area contributed by atoms with E-state index < -0.39 is 0 Å². The van der Waals surface area contributed by atoms with E-state index in [2.05, 4.69) is 15.9 Å². The summed E-state index contributed by atoms with van der Waals surface area (Å²) in [4.78, 5) is 11.2. The highest BCUT2D eigenvalue weighted by atomic mass is 79.9. The maximum absolute atomic E-state index is 10.8. The maximum Gasteiger partial charge on any atom is 0.124 e. The summed E-state index contributed by atoms with van der Waals surface area (Å²) in [5.41, 5.74) is 0. The number of hydrogen-bond acceptors (Lipinski definition) is 1. The zero-order valence-corrected chi connectivity index (χ0v) is 9.76. The Hall–Kier alpha value is 0.150. The molecule has 76 valence electrons. The smallest absolute Gasteiger partial charge is 0.124 e. The average Bonchev–Trinajstić information content (AvgIpc) is 2.16. The highest BCUT2D eigenvalue weighted by Gasteiger charge is 2.17. The molecule has 1 saturated carbocycles. The van der Waals surface area contributed by atoms with Crippen molar-refractivity contribution < 1.29 is 4.79 Å². The summed E-state index contributed by atoms with van der Waals surface area (Å²) in [6, 6.07) is 0. The van der Waals surface area contributed by atoms with Crippen molar-refractivity contribution in [1.29, 1.82) is 0 Å². The van der Waals surface area contributed by atoms with Crippen molar-refractivity contribution in [2.24, 2.45) is 5.92 Å². The summed E-state index contributed by atoms with van der Waals surface area (Å²) in [6.45, 7) is 0. The van der Waals surface area contributed by atoms with Crippen LogP contribution in [-0.2, 0) is 4.79 Å². The maximum atomic E-state index is 10.8. The molecule has 13 heavy (non-hydrogen) atoms. The lowest BCUT2D eigenvalue weighted by molar-refractivity contribution is -0.111. The Morgan fingerprint density at radius 2 is 1.46 bits per heavy atom. The summed E-state index contributed by atoms with van der Waals surface area (Å²) in [5.74, 6) is 0.262. The lowest BCUT2D eigenvalue weighted by atomic mass is 9.93. The summed E-state index contributed by atoms with van der Waals surface area (Å²) in [6.07, 6.45) is 11.3. The summed E-state index contributed by atoms with van der Waals surface area (Å²) >= 11 is 3.63. The largest absolute Gasteiger partial charge is 0.303 e. The Bertz CT molecular complexity index is 147. The van der Waals surface area contributed by atoms with E-state index >= 15 is 0 Å². The summed E-state index contributed by atoms with van der Waals surface area (Å²) < 4.78 is 0. The van der Waals surface area contributed by atoms with Crippen molar-refractivity contribution in [3.05, 3.63) is 0 Å². The van der Waals surface area contributed by atoms with Crippen molar-refractivity contribution in [2.45, 2.75) is 56.2 Å². The topological polar surface area (TPSA) is 17.1 Å². The van der Waals surface area contributed by atoms with Crippen LogP contribution in [0.2, 0.25) is 0 Å². The molecule has 1 aliphatic carbocycles. The molecule has 0 spiro atoms. The predicted octanol–water partition coefficient (Wildman–Crippen LogP) is 3.70. The van der Waals surface area contributed by atoms with E-state index in [0.29, 0.717) is 4.83 Å². The first kappa shape index (κ1) is 11.2. The zero-order chi connectivity index (χ0) is 9.52. The third kappa shape index (κ3) is 4.26. The average molecular weight is 247 g/mol. The van der Waals surface area contributed by atoms with Gasteiger partial charge in [-0.05, 0) is 12.8 Å². The van der Waals surface area contributed by atoms with Gasteiger partial charge in [0.25, 0.3) is 0 Å². The first-order valence-corrected chi connectivity index (χ1v) is 6.35. The minimum Gasteiger partial charge on any atom is -0.303 e. The van der Waals surface area contributed by atoms with Crippen LogP contribution >= 0.6 is 15.9 Å². The Kier molecular flexibility index (Phi) is 5.68. The van der Waals surface area contributed by atoms with Crippen LogP contribution in [0.5, 0.6) is 0 Å². The Morgan fingerprint density at radius 1 is 0.923 bits per heavy atom. The number of carbonyl (C=O) groups excluding carboxylic acids is 1. The number of aldehydes is 1. The van der Waals surface area contributed by atoms with Gasteiger partial charge >= 0.3 is 0 Å². The molecule has 1 rings (SSSR count). The SMILES string of the molecule is O=CC1CCCCCCCCC1Br. The second kappa shape index (κ2) is 6.58. The second-order valence-corrected chi connectivity index (χ2v) is 5.19. The van der Waals surface area contributed by atoms with Crippen LogP contribution in [0.15, 0.2) is 0 Å². The van der Waals surface area contributed by atoms with Gasteiger partial charge < -0.3 is 4.79 Å². The van der Waals surface area contributed by atoms with Crippen LogP contribution in [0.3, 0.4) is 0 Å². The number of carbonyl (C=O) groups is 1. The number of rotatable bonds is 1. The highest BCUT2D eigenvalue weighted by molar-refractivity contribution is 9.09. The molecule has 2 heteroatoms. The summed E-state index contributed by atoms with van der Waals surface area (Å²) in [7, 11) is 0. The van der Waals surface area contributed by atoms with Crippen molar-refractivity contribution in [2.75, 3.05) is 0 Å².